The molecule has 4 nitrogen and oxygen atoms in total. The number of benzene rings is 3. The molecule has 1 atom stereocenters. The Kier molecular flexibility index (Phi) is 7.62. The third kappa shape index (κ3) is 4.62. The average Bonchev–Trinajstić information content (AvgIpc) is 3.10. The maximum Gasteiger partial charge on any atom is 0.441 e. The van der Waals surface area contributed by atoms with Gasteiger partial charge in [0.25, 0.3) is 0 Å². The van der Waals surface area contributed by atoms with Crippen molar-refractivity contribution in [2.75, 3.05) is 6.16 Å². The molecule has 0 spiro atoms. The molecule has 0 bridgehead atoms. The largest absolute Gasteiger partial charge is 1.00 e. The average molecular weight is 523 g/mol. The molecule has 0 saturated carbocycles. The van der Waals surface area contributed by atoms with Crippen LogP contribution in [0.1, 0.15) is 37.5 Å². The fourth-order valence-corrected chi connectivity index (χ4v) is 9.50. The Morgan fingerprint density at radius 2 is 1.33 bits per heavy atom. The van der Waals surface area contributed by atoms with E-state index in [4.69, 9.17) is 4.52 Å². The van der Waals surface area contributed by atoms with E-state index in [0.717, 1.165) is 44.1 Å². The fraction of sp³-hybridized carbons (Fsp3) is 0.259. The van der Waals surface area contributed by atoms with E-state index in [1.54, 1.807) is 0 Å². The van der Waals surface area contributed by atoms with Crippen molar-refractivity contribution in [3.63, 3.8) is 0 Å². The number of nitrogens with zero attached hydrogens (tertiary/aromatic N) is 2. The maximum atomic E-state index is 12.5. The number of fused-ring (bicyclic) bond motifs is 1. The second-order valence-electron chi connectivity index (χ2n) is 8.46. The van der Waals surface area contributed by atoms with Crippen LogP contribution in [0.4, 0.5) is 0 Å². The lowest BCUT2D eigenvalue weighted by Gasteiger charge is -2.29. The van der Waals surface area contributed by atoms with Crippen molar-refractivity contribution in [3.05, 3.63) is 107 Å². The monoisotopic (exact) mass is 522 g/mol. The summed E-state index contributed by atoms with van der Waals surface area (Å²) in [5.74, 6) is 0.496. The molecular weight excluding hydrogens is 495 g/mol. The highest BCUT2D eigenvalue weighted by atomic mass is 79.9. The highest BCUT2D eigenvalue weighted by molar-refractivity contribution is 7.95. The number of rotatable bonds is 6. The molecule has 0 N–H and O–H groups in total. The minimum atomic E-state index is -1.91. The van der Waals surface area contributed by atoms with Crippen LogP contribution in [0.3, 0.4) is 0 Å². The molecule has 0 radical (unpaired) electrons. The summed E-state index contributed by atoms with van der Waals surface area (Å²) in [6, 6.07) is 32.9. The number of halogens is 1. The maximum absolute atomic E-state index is 12.5. The summed E-state index contributed by atoms with van der Waals surface area (Å²) in [6.45, 7) is 0. The van der Waals surface area contributed by atoms with Crippen LogP contribution in [0.15, 0.2) is 100 Å². The molecule has 170 valence electrons. The van der Waals surface area contributed by atoms with Gasteiger partial charge in [-0.15, -0.1) is 0 Å². The minimum absolute atomic E-state index is 0. The Bertz CT molecular complexity index is 1110. The summed E-state index contributed by atoms with van der Waals surface area (Å²) >= 11 is 0. The Balaban J connectivity index is 0.00000259. The van der Waals surface area contributed by atoms with Gasteiger partial charge >= 0.3 is 5.76 Å². The van der Waals surface area contributed by atoms with Crippen molar-refractivity contribution in [2.24, 2.45) is 0 Å². The minimum Gasteiger partial charge on any atom is -1.00 e. The Labute approximate surface area is 205 Å². The second kappa shape index (κ2) is 10.6. The zero-order valence-electron chi connectivity index (χ0n) is 18.5. The first-order chi connectivity index (χ1) is 15.8. The number of hydrogen-bond acceptors (Lipinski definition) is 3. The number of aromatic nitrogens is 2. The van der Waals surface area contributed by atoms with Crippen molar-refractivity contribution in [1.29, 1.82) is 0 Å². The van der Waals surface area contributed by atoms with E-state index in [2.05, 4.69) is 96.2 Å². The summed E-state index contributed by atoms with van der Waals surface area (Å²) in [5.41, 5.74) is 0. The molecule has 0 amide bonds. The summed E-state index contributed by atoms with van der Waals surface area (Å²) in [5, 5.41) is 8.21. The van der Waals surface area contributed by atoms with Crippen LogP contribution in [0.5, 0.6) is 0 Å². The molecule has 33 heavy (non-hydrogen) atoms. The van der Waals surface area contributed by atoms with Gasteiger partial charge in [0, 0.05) is 18.9 Å². The normalized spacial score (nSPS) is 15.8. The van der Waals surface area contributed by atoms with Crippen LogP contribution in [0.2, 0.25) is 0 Å². The van der Waals surface area contributed by atoms with Crippen LogP contribution in [0.25, 0.3) is 0 Å². The smallest absolute Gasteiger partial charge is 0.441 e. The lowest BCUT2D eigenvalue weighted by Crippen LogP contribution is -3.00. The summed E-state index contributed by atoms with van der Waals surface area (Å²) in [6.07, 6.45) is 5.89. The molecule has 0 saturated heterocycles. The predicted octanol–water partition coefficient (Wildman–Crippen LogP) is 1.49. The van der Waals surface area contributed by atoms with E-state index < -0.39 is 7.26 Å². The molecule has 1 unspecified atom stereocenters. The Morgan fingerprint density at radius 1 is 0.818 bits per heavy atom. The van der Waals surface area contributed by atoms with Crippen LogP contribution in [-0.4, -0.2) is 15.9 Å². The topological polar surface area (TPSA) is 48.0 Å². The third-order valence-corrected chi connectivity index (χ3v) is 11.1. The molecule has 6 heteroatoms. The van der Waals surface area contributed by atoms with Crippen molar-refractivity contribution < 1.29 is 21.5 Å². The van der Waals surface area contributed by atoms with Gasteiger partial charge in [0.2, 0.25) is 0 Å². The van der Waals surface area contributed by atoms with E-state index in [-0.39, 0.29) is 28.8 Å². The number of hydrogen-bond donors (Lipinski definition) is 0. The van der Waals surface area contributed by atoms with Gasteiger partial charge in [0.1, 0.15) is 23.2 Å². The van der Waals surface area contributed by atoms with Crippen LogP contribution >= 0.6 is 7.26 Å². The van der Waals surface area contributed by atoms with E-state index in [1.165, 1.54) is 15.9 Å². The van der Waals surface area contributed by atoms with Gasteiger partial charge in [-0.2, -0.15) is 0 Å². The lowest BCUT2D eigenvalue weighted by atomic mass is 10.1. The van der Waals surface area contributed by atoms with Gasteiger partial charge in [-0.1, -0.05) is 66.2 Å². The van der Waals surface area contributed by atoms with Crippen molar-refractivity contribution in [3.8, 4) is 0 Å². The predicted molar refractivity (Wildman–Crippen MR) is 132 cm³/mol. The fourth-order valence-electron chi connectivity index (χ4n) is 5.10. The molecular formula is C27H28BrN2O2P. The summed E-state index contributed by atoms with van der Waals surface area (Å²) in [7, 11) is -1.91. The van der Waals surface area contributed by atoms with E-state index in [9.17, 15) is 4.79 Å². The molecule has 0 fully saturated rings. The zero-order valence-corrected chi connectivity index (χ0v) is 21.0. The van der Waals surface area contributed by atoms with E-state index >= 15 is 0 Å². The number of aryl methyl sites for hydroxylation is 1. The first-order valence-corrected chi connectivity index (χ1v) is 13.4. The molecule has 0 aliphatic carbocycles. The SMILES string of the molecule is O=c1onc2n1C(CC[P+](c1ccccc1)(c1ccccc1)c1ccccc1)CCCC2.[Br-]. The first-order valence-electron chi connectivity index (χ1n) is 11.4. The summed E-state index contributed by atoms with van der Waals surface area (Å²) < 4.78 is 6.89. The first kappa shape index (κ1) is 23.7. The lowest BCUT2D eigenvalue weighted by molar-refractivity contribution is -0.00000690. The molecule has 1 aliphatic heterocycles. The molecule has 4 aromatic rings. The standard InChI is InChI=1S/C27H28N2O2P.BrH/c30-27-29-22(12-10-11-19-26(29)28-31-27)20-21-32(23-13-4-1-5-14-23,24-15-6-2-7-16-24)25-17-8-3-9-18-25;/h1-9,13-18,22H,10-12,19-21H2;1H/q+1;/p-1. The van der Waals surface area contributed by atoms with Gasteiger partial charge in [-0.05, 0) is 49.2 Å². The van der Waals surface area contributed by atoms with Gasteiger partial charge in [0.05, 0.1) is 6.16 Å². The van der Waals surface area contributed by atoms with Gasteiger partial charge < -0.3 is 17.0 Å². The third-order valence-electron chi connectivity index (χ3n) is 6.65. The molecule has 3 aromatic carbocycles. The van der Waals surface area contributed by atoms with Crippen LogP contribution in [-0.2, 0) is 6.42 Å². The zero-order chi connectivity index (χ0) is 21.8. The molecule has 1 aliphatic rings. The molecule has 5 rings (SSSR count). The van der Waals surface area contributed by atoms with Crippen molar-refractivity contribution >= 4 is 23.2 Å². The van der Waals surface area contributed by atoms with Crippen LogP contribution < -0.4 is 38.7 Å². The highest BCUT2D eigenvalue weighted by Crippen LogP contribution is 2.56. The van der Waals surface area contributed by atoms with Crippen molar-refractivity contribution in [1.82, 2.24) is 9.72 Å². The molecule has 2 heterocycles. The molecule has 1 aromatic heterocycles. The Morgan fingerprint density at radius 3 is 1.85 bits per heavy atom. The quantitative estimate of drug-likeness (QED) is 0.360. The Hall–Kier alpha value is -2.49. The highest BCUT2D eigenvalue weighted by Gasteiger charge is 2.45. The van der Waals surface area contributed by atoms with Crippen LogP contribution in [0, 0.1) is 0 Å². The van der Waals surface area contributed by atoms with E-state index in [0.29, 0.717) is 0 Å². The van der Waals surface area contributed by atoms with Gasteiger partial charge in [-0.25, -0.2) is 4.79 Å². The second-order valence-corrected chi connectivity index (χ2v) is 12.1. The summed E-state index contributed by atoms with van der Waals surface area (Å²) in [4.78, 5) is 12.5. The van der Waals surface area contributed by atoms with Gasteiger partial charge in [0.15, 0.2) is 5.82 Å². The van der Waals surface area contributed by atoms with Crippen molar-refractivity contribution in [2.45, 2.75) is 38.1 Å². The van der Waals surface area contributed by atoms with E-state index in [1.807, 2.05) is 4.57 Å². The van der Waals surface area contributed by atoms with Gasteiger partial charge in [-0.3, -0.25) is 9.09 Å².